The number of carbonyl (C=O) groups is 1. The molecule has 6 heteroatoms. The Kier molecular flexibility index (Phi) is 3.47. The molecule has 0 aliphatic carbocycles. The van der Waals surface area contributed by atoms with E-state index in [4.69, 9.17) is 5.11 Å². The number of aliphatic hydroxyl groups excluding tert-OH is 1. The van der Waals surface area contributed by atoms with Gasteiger partial charge in [0.15, 0.2) is 0 Å². The monoisotopic (exact) mass is 257 g/mol. The standard InChI is InChI=1S/C12H13F2NO3/c13-9-5-7(6-10(14)11(9)12(17)18)15-3-1-8(16)2-4-15/h5-6,8,16H,1-4H2,(H,17,18). The summed E-state index contributed by atoms with van der Waals surface area (Å²) in [7, 11) is 0. The summed E-state index contributed by atoms with van der Waals surface area (Å²) in [5.41, 5.74) is -0.627. The quantitative estimate of drug-likeness (QED) is 0.845. The molecule has 98 valence electrons. The van der Waals surface area contributed by atoms with Crippen molar-refractivity contribution in [2.75, 3.05) is 18.0 Å². The number of carboxylic acid groups (broad SMARTS) is 1. The lowest BCUT2D eigenvalue weighted by Crippen LogP contribution is -2.36. The molecule has 1 fully saturated rings. The number of hydrogen-bond acceptors (Lipinski definition) is 3. The van der Waals surface area contributed by atoms with Gasteiger partial charge in [0.05, 0.1) is 6.10 Å². The molecular formula is C12H13F2NO3. The van der Waals surface area contributed by atoms with Gasteiger partial charge in [-0.25, -0.2) is 13.6 Å². The summed E-state index contributed by atoms with van der Waals surface area (Å²) in [6.07, 6.45) is 0.683. The fourth-order valence-electron chi connectivity index (χ4n) is 2.07. The van der Waals surface area contributed by atoms with E-state index in [1.807, 2.05) is 0 Å². The average Bonchev–Trinajstić information content (AvgIpc) is 2.28. The van der Waals surface area contributed by atoms with Crippen molar-refractivity contribution in [1.29, 1.82) is 0 Å². The van der Waals surface area contributed by atoms with Crippen molar-refractivity contribution in [1.82, 2.24) is 0 Å². The zero-order chi connectivity index (χ0) is 13.3. The molecule has 18 heavy (non-hydrogen) atoms. The number of benzene rings is 1. The Morgan fingerprint density at radius 2 is 1.72 bits per heavy atom. The Morgan fingerprint density at radius 3 is 2.17 bits per heavy atom. The molecule has 1 heterocycles. The first-order chi connectivity index (χ1) is 8.49. The van der Waals surface area contributed by atoms with Crippen LogP contribution in [0.5, 0.6) is 0 Å². The highest BCUT2D eigenvalue weighted by Gasteiger charge is 2.22. The number of aromatic carboxylic acids is 1. The van der Waals surface area contributed by atoms with E-state index in [0.29, 0.717) is 31.6 Å². The molecule has 1 saturated heterocycles. The molecule has 0 saturated carbocycles. The highest BCUT2D eigenvalue weighted by Crippen LogP contribution is 2.25. The third-order valence-corrected chi connectivity index (χ3v) is 3.07. The summed E-state index contributed by atoms with van der Waals surface area (Å²) >= 11 is 0. The molecule has 0 atom stereocenters. The zero-order valence-corrected chi connectivity index (χ0v) is 9.57. The molecule has 0 amide bonds. The molecule has 1 aliphatic heterocycles. The van der Waals surface area contributed by atoms with Gasteiger partial charge in [0.25, 0.3) is 0 Å². The van der Waals surface area contributed by atoms with Crippen LogP contribution in [0, 0.1) is 11.6 Å². The van der Waals surface area contributed by atoms with Crippen LogP contribution in [0.4, 0.5) is 14.5 Å². The second-order valence-corrected chi connectivity index (χ2v) is 4.31. The van der Waals surface area contributed by atoms with Gasteiger partial charge in [-0.15, -0.1) is 0 Å². The molecule has 1 aromatic rings. The van der Waals surface area contributed by atoms with E-state index in [2.05, 4.69) is 0 Å². The number of piperidine rings is 1. The summed E-state index contributed by atoms with van der Waals surface area (Å²) in [5, 5.41) is 18.0. The van der Waals surface area contributed by atoms with E-state index >= 15 is 0 Å². The minimum absolute atomic E-state index is 0.307. The lowest BCUT2D eigenvalue weighted by molar-refractivity contribution is 0.0686. The third-order valence-electron chi connectivity index (χ3n) is 3.07. The summed E-state index contributed by atoms with van der Waals surface area (Å²) in [6.45, 7) is 0.985. The first-order valence-electron chi connectivity index (χ1n) is 5.64. The van der Waals surface area contributed by atoms with Gasteiger partial charge in [0.2, 0.25) is 0 Å². The zero-order valence-electron chi connectivity index (χ0n) is 9.57. The fraction of sp³-hybridized carbons (Fsp3) is 0.417. The maximum absolute atomic E-state index is 13.5. The van der Waals surface area contributed by atoms with Gasteiger partial charge in [0.1, 0.15) is 17.2 Å². The Bertz CT molecular complexity index is 447. The van der Waals surface area contributed by atoms with E-state index in [0.717, 1.165) is 12.1 Å². The van der Waals surface area contributed by atoms with E-state index in [1.165, 1.54) is 0 Å². The molecular weight excluding hydrogens is 244 g/mol. The Hall–Kier alpha value is -1.69. The SMILES string of the molecule is O=C(O)c1c(F)cc(N2CCC(O)CC2)cc1F. The number of rotatable bonds is 2. The summed E-state index contributed by atoms with van der Waals surface area (Å²) in [6, 6.07) is 2.04. The molecule has 0 radical (unpaired) electrons. The predicted octanol–water partition coefficient (Wildman–Crippen LogP) is 1.62. The van der Waals surface area contributed by atoms with Gasteiger partial charge in [-0.3, -0.25) is 0 Å². The van der Waals surface area contributed by atoms with Crippen LogP contribution in [0.25, 0.3) is 0 Å². The molecule has 0 aromatic heterocycles. The van der Waals surface area contributed by atoms with E-state index in [9.17, 15) is 18.7 Å². The lowest BCUT2D eigenvalue weighted by atomic mass is 10.1. The number of aliphatic hydroxyl groups is 1. The average molecular weight is 257 g/mol. The molecule has 1 aliphatic rings. The molecule has 4 nitrogen and oxygen atoms in total. The van der Waals surface area contributed by atoms with E-state index in [1.54, 1.807) is 4.90 Å². The van der Waals surface area contributed by atoms with Crippen LogP contribution in [-0.2, 0) is 0 Å². The predicted molar refractivity (Wildman–Crippen MR) is 60.8 cm³/mol. The smallest absolute Gasteiger partial charge is 0.341 e. The van der Waals surface area contributed by atoms with Crippen LogP contribution in [0.1, 0.15) is 23.2 Å². The molecule has 0 unspecified atom stereocenters. The highest BCUT2D eigenvalue weighted by atomic mass is 19.1. The van der Waals surface area contributed by atoms with Crippen LogP contribution < -0.4 is 4.90 Å². The molecule has 1 aromatic carbocycles. The van der Waals surface area contributed by atoms with Gasteiger partial charge in [-0.2, -0.15) is 0 Å². The van der Waals surface area contributed by atoms with Crippen molar-refractivity contribution < 1.29 is 23.8 Å². The number of anilines is 1. The van der Waals surface area contributed by atoms with Crippen LogP contribution in [0.2, 0.25) is 0 Å². The Morgan fingerprint density at radius 1 is 1.22 bits per heavy atom. The number of carboxylic acids is 1. The van der Waals surface area contributed by atoms with Crippen molar-refractivity contribution in [3.8, 4) is 0 Å². The van der Waals surface area contributed by atoms with Crippen molar-refractivity contribution in [2.24, 2.45) is 0 Å². The molecule has 0 bridgehead atoms. The number of hydrogen-bond donors (Lipinski definition) is 2. The second kappa shape index (κ2) is 4.89. The summed E-state index contributed by atoms with van der Waals surface area (Å²) in [4.78, 5) is 12.4. The van der Waals surface area contributed by atoms with Gasteiger partial charge < -0.3 is 15.1 Å². The van der Waals surface area contributed by atoms with Crippen LogP contribution in [0.15, 0.2) is 12.1 Å². The van der Waals surface area contributed by atoms with Gasteiger partial charge in [0, 0.05) is 18.8 Å². The fourth-order valence-corrected chi connectivity index (χ4v) is 2.07. The van der Waals surface area contributed by atoms with Crippen molar-refractivity contribution in [2.45, 2.75) is 18.9 Å². The van der Waals surface area contributed by atoms with Crippen molar-refractivity contribution >= 4 is 11.7 Å². The largest absolute Gasteiger partial charge is 0.477 e. The van der Waals surface area contributed by atoms with E-state index < -0.39 is 23.2 Å². The minimum atomic E-state index is -1.62. The maximum atomic E-state index is 13.5. The molecule has 2 rings (SSSR count). The van der Waals surface area contributed by atoms with Crippen LogP contribution >= 0.6 is 0 Å². The Labute approximate surface area is 102 Å². The minimum Gasteiger partial charge on any atom is -0.477 e. The normalized spacial score (nSPS) is 16.9. The topological polar surface area (TPSA) is 60.8 Å². The first-order valence-corrected chi connectivity index (χ1v) is 5.64. The summed E-state index contributed by atoms with van der Waals surface area (Å²) < 4.78 is 27.0. The van der Waals surface area contributed by atoms with Crippen molar-refractivity contribution in [3.05, 3.63) is 29.3 Å². The highest BCUT2D eigenvalue weighted by molar-refractivity contribution is 5.88. The van der Waals surface area contributed by atoms with Crippen LogP contribution in [-0.4, -0.2) is 35.4 Å². The van der Waals surface area contributed by atoms with Gasteiger partial charge >= 0.3 is 5.97 Å². The van der Waals surface area contributed by atoms with Gasteiger partial charge in [-0.1, -0.05) is 0 Å². The third kappa shape index (κ3) is 2.43. The Balaban J connectivity index is 2.28. The second-order valence-electron chi connectivity index (χ2n) is 4.31. The van der Waals surface area contributed by atoms with E-state index in [-0.39, 0.29) is 6.10 Å². The van der Waals surface area contributed by atoms with Crippen molar-refractivity contribution in [3.63, 3.8) is 0 Å². The molecule has 2 N–H and O–H groups in total. The molecule has 0 spiro atoms. The van der Waals surface area contributed by atoms with Gasteiger partial charge in [-0.05, 0) is 25.0 Å². The lowest BCUT2D eigenvalue weighted by Gasteiger charge is -2.31. The number of halogens is 2. The summed E-state index contributed by atoms with van der Waals surface area (Å²) in [5.74, 6) is -3.78. The van der Waals surface area contributed by atoms with Crippen LogP contribution in [0.3, 0.4) is 0 Å². The number of nitrogens with zero attached hydrogens (tertiary/aromatic N) is 1. The maximum Gasteiger partial charge on any atom is 0.341 e. The first kappa shape index (κ1) is 12.8.